The fourth-order valence-corrected chi connectivity index (χ4v) is 1.79. The van der Waals surface area contributed by atoms with E-state index in [1.54, 1.807) is 4.68 Å². The lowest BCUT2D eigenvalue weighted by atomic mass is 10.0. The molecule has 76 valence electrons. The first kappa shape index (κ1) is 9.18. The molecule has 0 fully saturated rings. The third-order valence-electron chi connectivity index (χ3n) is 2.50. The minimum absolute atomic E-state index is 0.0615. The van der Waals surface area contributed by atoms with Gasteiger partial charge in [0.15, 0.2) is 0 Å². The predicted octanol–water partition coefficient (Wildman–Crippen LogP) is 0.322. The Labute approximate surface area is 82.1 Å². The van der Waals surface area contributed by atoms with Crippen LogP contribution in [0.5, 0.6) is 0 Å². The highest BCUT2D eigenvalue weighted by Gasteiger charge is 2.26. The second-order valence-corrected chi connectivity index (χ2v) is 3.52. The molecular formula is C9H13N3O2. The highest BCUT2D eigenvalue weighted by Crippen LogP contribution is 2.19. The second kappa shape index (κ2) is 3.40. The molecule has 2 heterocycles. The monoisotopic (exact) mass is 195 g/mol. The molecule has 0 spiro atoms. The highest BCUT2D eigenvalue weighted by molar-refractivity contribution is 5.72. The first-order valence-corrected chi connectivity index (χ1v) is 4.69. The van der Waals surface area contributed by atoms with E-state index in [1.807, 2.05) is 6.92 Å². The van der Waals surface area contributed by atoms with Gasteiger partial charge >= 0.3 is 5.97 Å². The van der Waals surface area contributed by atoms with Gasteiger partial charge in [0, 0.05) is 6.42 Å². The Morgan fingerprint density at radius 3 is 3.14 bits per heavy atom. The summed E-state index contributed by atoms with van der Waals surface area (Å²) in [5.74, 6) is 1.53. The summed E-state index contributed by atoms with van der Waals surface area (Å²) in [6, 6.07) is 0. The maximum atomic E-state index is 11.3. The Morgan fingerprint density at radius 2 is 2.43 bits per heavy atom. The van der Waals surface area contributed by atoms with Gasteiger partial charge in [-0.15, -0.1) is 0 Å². The van der Waals surface area contributed by atoms with E-state index >= 15 is 0 Å². The van der Waals surface area contributed by atoms with Crippen molar-refractivity contribution in [2.75, 3.05) is 7.11 Å². The summed E-state index contributed by atoms with van der Waals surface area (Å²) in [6.07, 6.45) is 1.62. The molecule has 1 aromatic heterocycles. The standard InChI is InChI=1S/C9H13N3O2/c1-6-10-8-4-3-7(9(13)14-2)5-12(8)11-6/h7H,3-5H2,1-2H3. The number of carbonyl (C=O) groups is 1. The maximum Gasteiger partial charge on any atom is 0.310 e. The number of carbonyl (C=O) groups excluding carboxylic acids is 1. The quantitative estimate of drug-likeness (QED) is 0.606. The number of fused-ring (bicyclic) bond motifs is 1. The minimum Gasteiger partial charge on any atom is -0.469 e. The molecule has 1 aromatic rings. The van der Waals surface area contributed by atoms with Crippen LogP contribution in [0.1, 0.15) is 18.1 Å². The van der Waals surface area contributed by atoms with E-state index in [9.17, 15) is 4.79 Å². The molecule has 0 aliphatic carbocycles. The van der Waals surface area contributed by atoms with Crippen LogP contribution in [0.15, 0.2) is 0 Å². The number of rotatable bonds is 1. The van der Waals surface area contributed by atoms with E-state index in [4.69, 9.17) is 4.74 Å². The average Bonchev–Trinajstić information content (AvgIpc) is 2.55. The SMILES string of the molecule is COC(=O)C1CCc2nc(C)nn2C1. The topological polar surface area (TPSA) is 57.0 Å². The zero-order valence-corrected chi connectivity index (χ0v) is 8.36. The van der Waals surface area contributed by atoms with E-state index in [1.165, 1.54) is 7.11 Å². The van der Waals surface area contributed by atoms with Crippen molar-refractivity contribution in [1.82, 2.24) is 14.8 Å². The summed E-state index contributed by atoms with van der Waals surface area (Å²) in [4.78, 5) is 15.6. The van der Waals surface area contributed by atoms with Crippen LogP contribution < -0.4 is 0 Å². The summed E-state index contributed by atoms with van der Waals surface area (Å²) in [6.45, 7) is 2.46. The molecule has 1 aliphatic rings. The third-order valence-corrected chi connectivity index (χ3v) is 2.50. The largest absolute Gasteiger partial charge is 0.469 e. The molecule has 5 nitrogen and oxygen atoms in total. The van der Waals surface area contributed by atoms with Crippen LogP contribution in [0.2, 0.25) is 0 Å². The van der Waals surface area contributed by atoms with E-state index in [0.717, 1.165) is 24.5 Å². The number of methoxy groups -OCH3 is 1. The van der Waals surface area contributed by atoms with Crippen LogP contribution in [-0.4, -0.2) is 27.8 Å². The number of hydrogen-bond acceptors (Lipinski definition) is 4. The van der Waals surface area contributed by atoms with E-state index < -0.39 is 0 Å². The van der Waals surface area contributed by atoms with Gasteiger partial charge in [-0.3, -0.25) is 4.79 Å². The number of aryl methyl sites for hydroxylation is 2. The van der Waals surface area contributed by atoms with E-state index in [-0.39, 0.29) is 11.9 Å². The lowest BCUT2D eigenvalue weighted by Gasteiger charge is -2.19. The Kier molecular flexibility index (Phi) is 2.23. The van der Waals surface area contributed by atoms with Crippen molar-refractivity contribution in [2.24, 2.45) is 5.92 Å². The summed E-state index contributed by atoms with van der Waals surface area (Å²) < 4.78 is 6.52. The van der Waals surface area contributed by atoms with Crippen molar-refractivity contribution in [3.8, 4) is 0 Å². The molecule has 1 aliphatic heterocycles. The number of hydrogen-bond donors (Lipinski definition) is 0. The van der Waals surface area contributed by atoms with Gasteiger partial charge in [-0.1, -0.05) is 0 Å². The lowest BCUT2D eigenvalue weighted by Crippen LogP contribution is -2.28. The third kappa shape index (κ3) is 1.49. The normalized spacial score (nSPS) is 20.3. The number of aromatic nitrogens is 3. The van der Waals surface area contributed by atoms with Crippen molar-refractivity contribution >= 4 is 5.97 Å². The number of esters is 1. The molecule has 1 unspecified atom stereocenters. The Morgan fingerprint density at radius 1 is 1.64 bits per heavy atom. The molecule has 1 atom stereocenters. The predicted molar refractivity (Wildman–Crippen MR) is 48.6 cm³/mol. The molecule has 0 bridgehead atoms. The molecule has 0 radical (unpaired) electrons. The fraction of sp³-hybridized carbons (Fsp3) is 0.667. The van der Waals surface area contributed by atoms with Crippen molar-refractivity contribution in [3.63, 3.8) is 0 Å². The first-order valence-electron chi connectivity index (χ1n) is 4.69. The molecule has 0 amide bonds. The minimum atomic E-state index is -0.149. The molecule has 0 saturated heterocycles. The van der Waals surface area contributed by atoms with Crippen LogP contribution in [0.3, 0.4) is 0 Å². The van der Waals surface area contributed by atoms with Crippen LogP contribution in [0.25, 0.3) is 0 Å². The van der Waals surface area contributed by atoms with Crippen LogP contribution >= 0.6 is 0 Å². The fourth-order valence-electron chi connectivity index (χ4n) is 1.79. The van der Waals surface area contributed by atoms with Crippen LogP contribution in [-0.2, 0) is 22.5 Å². The van der Waals surface area contributed by atoms with Gasteiger partial charge in [-0.05, 0) is 13.3 Å². The van der Waals surface area contributed by atoms with Gasteiger partial charge in [0.25, 0.3) is 0 Å². The van der Waals surface area contributed by atoms with Gasteiger partial charge in [0.2, 0.25) is 0 Å². The molecule has 0 N–H and O–H groups in total. The molecule has 14 heavy (non-hydrogen) atoms. The van der Waals surface area contributed by atoms with Crippen LogP contribution in [0, 0.1) is 12.8 Å². The van der Waals surface area contributed by atoms with Gasteiger partial charge in [0.05, 0.1) is 19.6 Å². The van der Waals surface area contributed by atoms with Gasteiger partial charge in [0.1, 0.15) is 11.6 Å². The van der Waals surface area contributed by atoms with Crippen molar-refractivity contribution in [1.29, 1.82) is 0 Å². The summed E-state index contributed by atoms with van der Waals surface area (Å²) in [5.41, 5.74) is 0. The Balaban J connectivity index is 2.16. The van der Waals surface area contributed by atoms with E-state index in [0.29, 0.717) is 6.54 Å². The number of nitrogens with zero attached hydrogens (tertiary/aromatic N) is 3. The van der Waals surface area contributed by atoms with Crippen LogP contribution in [0.4, 0.5) is 0 Å². The second-order valence-electron chi connectivity index (χ2n) is 3.52. The maximum absolute atomic E-state index is 11.3. The van der Waals surface area contributed by atoms with Gasteiger partial charge < -0.3 is 4.74 Å². The summed E-state index contributed by atoms with van der Waals surface area (Å²) in [5, 5.41) is 4.22. The molecule has 0 aromatic carbocycles. The van der Waals surface area contributed by atoms with Crippen molar-refractivity contribution < 1.29 is 9.53 Å². The van der Waals surface area contributed by atoms with Gasteiger partial charge in [-0.25, -0.2) is 9.67 Å². The summed E-state index contributed by atoms with van der Waals surface area (Å²) >= 11 is 0. The molecule has 2 rings (SSSR count). The smallest absolute Gasteiger partial charge is 0.310 e. The Hall–Kier alpha value is -1.39. The molecular weight excluding hydrogens is 182 g/mol. The zero-order valence-electron chi connectivity index (χ0n) is 8.36. The van der Waals surface area contributed by atoms with E-state index in [2.05, 4.69) is 10.1 Å². The highest BCUT2D eigenvalue weighted by atomic mass is 16.5. The molecule has 5 heteroatoms. The van der Waals surface area contributed by atoms with Crippen molar-refractivity contribution in [2.45, 2.75) is 26.3 Å². The average molecular weight is 195 g/mol. The first-order chi connectivity index (χ1) is 6.70. The van der Waals surface area contributed by atoms with Gasteiger partial charge in [-0.2, -0.15) is 5.10 Å². The summed E-state index contributed by atoms with van der Waals surface area (Å²) in [7, 11) is 1.42. The lowest BCUT2D eigenvalue weighted by molar-refractivity contribution is -0.146. The van der Waals surface area contributed by atoms with Crippen molar-refractivity contribution in [3.05, 3.63) is 11.6 Å². The zero-order chi connectivity index (χ0) is 10.1. The Bertz CT molecular complexity index is 359. The molecule has 0 saturated carbocycles. The number of ether oxygens (including phenoxy) is 1.